The average Bonchev–Trinajstić information content (AvgIpc) is 2.86. The fraction of sp³-hybridized carbons (Fsp3) is 1.00. The third-order valence-corrected chi connectivity index (χ3v) is 4.26. The van der Waals surface area contributed by atoms with E-state index in [-0.39, 0.29) is 0 Å². The summed E-state index contributed by atoms with van der Waals surface area (Å²) in [7, 11) is 0. The lowest BCUT2D eigenvalue weighted by Crippen LogP contribution is -2.14. The molecule has 0 saturated heterocycles. The van der Waals surface area contributed by atoms with Gasteiger partial charge in [-0.3, -0.25) is 0 Å². The monoisotopic (exact) mass is 166 g/mol. The fourth-order valence-corrected chi connectivity index (χ4v) is 2.78. The summed E-state index contributed by atoms with van der Waals surface area (Å²) in [6.07, 6.45) is 5.85. The molecule has 0 aromatic rings. The molecule has 12 heavy (non-hydrogen) atoms. The second-order valence-corrected chi connectivity index (χ2v) is 5.12. The standard InChI is InChI=1S/C12H22/c1-4-5-6-8(2)9(3)12-10-7-11(10)12/h8-12H,4-7H2,1-3H3. The number of hydrogen-bond donors (Lipinski definition) is 0. The minimum absolute atomic E-state index is 0.989. The Morgan fingerprint density at radius 2 is 1.92 bits per heavy atom. The van der Waals surface area contributed by atoms with Gasteiger partial charge in [-0.25, -0.2) is 0 Å². The Labute approximate surface area is 76.7 Å². The van der Waals surface area contributed by atoms with E-state index in [1.54, 1.807) is 6.42 Å². The van der Waals surface area contributed by atoms with Crippen molar-refractivity contribution in [2.75, 3.05) is 0 Å². The zero-order valence-electron chi connectivity index (χ0n) is 8.72. The molecule has 0 nitrogen and oxygen atoms in total. The van der Waals surface area contributed by atoms with Crippen molar-refractivity contribution < 1.29 is 0 Å². The summed E-state index contributed by atoms with van der Waals surface area (Å²) in [5.41, 5.74) is 0. The molecule has 0 amide bonds. The molecule has 0 aromatic heterocycles. The van der Waals surface area contributed by atoms with E-state index in [4.69, 9.17) is 0 Å². The second kappa shape index (κ2) is 3.05. The Hall–Kier alpha value is 0. The van der Waals surface area contributed by atoms with Crippen LogP contribution in [0.3, 0.4) is 0 Å². The number of unbranched alkanes of at least 4 members (excludes halogenated alkanes) is 1. The lowest BCUT2D eigenvalue weighted by Gasteiger charge is -2.22. The maximum Gasteiger partial charge on any atom is -0.0323 e. The topological polar surface area (TPSA) is 0 Å². The first-order chi connectivity index (χ1) is 5.75. The maximum atomic E-state index is 2.48. The highest BCUT2D eigenvalue weighted by molar-refractivity contribution is 5.13. The molecule has 2 aliphatic rings. The van der Waals surface area contributed by atoms with E-state index in [9.17, 15) is 0 Å². The first-order valence-corrected chi connectivity index (χ1v) is 5.75. The predicted molar refractivity (Wildman–Crippen MR) is 52.9 cm³/mol. The van der Waals surface area contributed by atoms with Crippen LogP contribution in [0.25, 0.3) is 0 Å². The highest BCUT2D eigenvalue weighted by Crippen LogP contribution is 2.71. The zero-order valence-corrected chi connectivity index (χ0v) is 8.72. The molecular formula is C12H22. The van der Waals surface area contributed by atoms with Gasteiger partial charge in [0.05, 0.1) is 0 Å². The summed E-state index contributed by atoms with van der Waals surface area (Å²) >= 11 is 0. The molecule has 0 N–H and O–H groups in total. The molecule has 0 aliphatic heterocycles. The van der Waals surface area contributed by atoms with Gasteiger partial charge in [0, 0.05) is 0 Å². The van der Waals surface area contributed by atoms with E-state index in [1.807, 2.05) is 0 Å². The number of rotatable bonds is 5. The van der Waals surface area contributed by atoms with Crippen molar-refractivity contribution >= 4 is 0 Å². The van der Waals surface area contributed by atoms with Crippen molar-refractivity contribution in [3.8, 4) is 0 Å². The third kappa shape index (κ3) is 1.41. The molecule has 0 spiro atoms. The van der Waals surface area contributed by atoms with Gasteiger partial charge < -0.3 is 0 Å². The van der Waals surface area contributed by atoms with Gasteiger partial charge in [0.15, 0.2) is 0 Å². The second-order valence-electron chi connectivity index (χ2n) is 5.12. The number of fused-ring (bicyclic) bond motifs is 1. The minimum Gasteiger partial charge on any atom is -0.0654 e. The van der Waals surface area contributed by atoms with Gasteiger partial charge in [0.25, 0.3) is 0 Å². The lowest BCUT2D eigenvalue weighted by atomic mass is 9.84. The van der Waals surface area contributed by atoms with Crippen LogP contribution >= 0.6 is 0 Å². The minimum atomic E-state index is 0.989. The predicted octanol–water partition coefficient (Wildman–Crippen LogP) is 3.71. The van der Waals surface area contributed by atoms with Gasteiger partial charge in [-0.05, 0) is 36.0 Å². The molecule has 0 bridgehead atoms. The van der Waals surface area contributed by atoms with Gasteiger partial charge in [0.1, 0.15) is 0 Å². The van der Waals surface area contributed by atoms with Crippen LogP contribution in [0.4, 0.5) is 0 Å². The van der Waals surface area contributed by atoms with E-state index >= 15 is 0 Å². The van der Waals surface area contributed by atoms with Crippen LogP contribution in [0.15, 0.2) is 0 Å². The van der Waals surface area contributed by atoms with Crippen LogP contribution in [0.1, 0.15) is 46.5 Å². The molecule has 4 atom stereocenters. The van der Waals surface area contributed by atoms with Crippen molar-refractivity contribution in [1.82, 2.24) is 0 Å². The molecule has 0 heteroatoms. The first kappa shape index (κ1) is 8.59. The molecule has 2 saturated carbocycles. The Morgan fingerprint density at radius 1 is 1.25 bits per heavy atom. The van der Waals surface area contributed by atoms with Gasteiger partial charge in [-0.2, -0.15) is 0 Å². The lowest BCUT2D eigenvalue weighted by molar-refractivity contribution is 0.279. The van der Waals surface area contributed by atoms with E-state index in [0.717, 1.165) is 17.8 Å². The van der Waals surface area contributed by atoms with Crippen LogP contribution in [-0.4, -0.2) is 0 Å². The summed E-state index contributed by atoms with van der Waals surface area (Å²) in [5.74, 6) is 5.58. The molecule has 70 valence electrons. The molecule has 2 aliphatic carbocycles. The smallest absolute Gasteiger partial charge is 0.0323 e. The quantitative estimate of drug-likeness (QED) is 0.584. The molecular weight excluding hydrogens is 144 g/mol. The van der Waals surface area contributed by atoms with E-state index < -0.39 is 0 Å². The SMILES string of the molecule is CCCCC(C)C(C)C1C2CC21. The van der Waals surface area contributed by atoms with Gasteiger partial charge in [0.2, 0.25) is 0 Å². The van der Waals surface area contributed by atoms with Crippen molar-refractivity contribution in [2.45, 2.75) is 46.5 Å². The van der Waals surface area contributed by atoms with Crippen molar-refractivity contribution in [3.63, 3.8) is 0 Å². The largest absolute Gasteiger partial charge is 0.0654 e. The molecule has 0 aromatic carbocycles. The summed E-state index contributed by atoms with van der Waals surface area (Å²) in [4.78, 5) is 0. The van der Waals surface area contributed by atoms with Gasteiger partial charge >= 0.3 is 0 Å². The fourth-order valence-electron chi connectivity index (χ4n) is 2.78. The normalized spacial score (nSPS) is 41.8. The van der Waals surface area contributed by atoms with E-state index in [0.29, 0.717) is 0 Å². The first-order valence-electron chi connectivity index (χ1n) is 5.75. The average molecular weight is 166 g/mol. The van der Waals surface area contributed by atoms with Crippen LogP contribution in [0, 0.1) is 29.6 Å². The molecule has 4 unspecified atom stereocenters. The Bertz CT molecular complexity index is 153. The van der Waals surface area contributed by atoms with Gasteiger partial charge in [-0.15, -0.1) is 0 Å². The van der Waals surface area contributed by atoms with Crippen molar-refractivity contribution in [2.24, 2.45) is 29.6 Å². The van der Waals surface area contributed by atoms with Gasteiger partial charge in [-0.1, -0.05) is 40.0 Å². The highest BCUT2D eigenvalue weighted by Gasteiger charge is 2.65. The summed E-state index contributed by atoms with van der Waals surface area (Å²) < 4.78 is 0. The molecule has 0 radical (unpaired) electrons. The van der Waals surface area contributed by atoms with E-state index in [2.05, 4.69) is 20.8 Å². The summed E-state index contributed by atoms with van der Waals surface area (Å²) in [5, 5.41) is 0. The Balaban J connectivity index is 1.68. The molecule has 2 fully saturated rings. The van der Waals surface area contributed by atoms with Crippen LogP contribution < -0.4 is 0 Å². The number of hydrogen-bond acceptors (Lipinski definition) is 0. The Kier molecular flexibility index (Phi) is 2.18. The highest BCUT2D eigenvalue weighted by atomic mass is 14.7. The third-order valence-electron chi connectivity index (χ3n) is 4.26. The Morgan fingerprint density at radius 3 is 2.33 bits per heavy atom. The summed E-state index contributed by atoms with van der Waals surface area (Å²) in [6.45, 7) is 7.24. The summed E-state index contributed by atoms with van der Waals surface area (Å²) in [6, 6.07) is 0. The van der Waals surface area contributed by atoms with Crippen molar-refractivity contribution in [1.29, 1.82) is 0 Å². The van der Waals surface area contributed by atoms with Crippen LogP contribution in [0.5, 0.6) is 0 Å². The van der Waals surface area contributed by atoms with Crippen molar-refractivity contribution in [3.05, 3.63) is 0 Å². The van der Waals surface area contributed by atoms with Crippen LogP contribution in [0.2, 0.25) is 0 Å². The van der Waals surface area contributed by atoms with E-state index in [1.165, 1.54) is 31.1 Å². The maximum absolute atomic E-state index is 2.48. The van der Waals surface area contributed by atoms with Crippen LogP contribution in [-0.2, 0) is 0 Å². The molecule has 0 heterocycles. The zero-order chi connectivity index (χ0) is 8.72. The molecule has 2 rings (SSSR count).